The number of hydrogen-bond donors (Lipinski definition) is 0. The van der Waals surface area contributed by atoms with Crippen LogP contribution in [0.4, 0.5) is 0 Å². The molecule has 1 nitrogen and oxygen atoms in total. The van der Waals surface area contributed by atoms with E-state index in [1.54, 1.807) is 0 Å². The second kappa shape index (κ2) is 12.4. The molecule has 0 atom stereocenters. The Labute approximate surface area is 207 Å². The molecular formula is C25H25BrNNaP+. The third-order valence-electron chi connectivity index (χ3n) is 4.85. The van der Waals surface area contributed by atoms with Crippen molar-refractivity contribution in [2.24, 2.45) is 0 Å². The second-order valence-electron chi connectivity index (χ2n) is 6.46. The van der Waals surface area contributed by atoms with E-state index >= 15 is 0 Å². The monoisotopic (exact) mass is 472 g/mol. The average Bonchev–Trinajstić information content (AvgIpc) is 2.75. The summed E-state index contributed by atoms with van der Waals surface area (Å²) in [6, 6.07) is 44.0. The molecule has 0 aliphatic heterocycles. The predicted octanol–water partition coefficient (Wildman–Crippen LogP) is 3.48. The van der Waals surface area contributed by atoms with Crippen LogP contribution in [-0.2, 0) is 6.16 Å². The van der Waals surface area contributed by atoms with Crippen LogP contribution in [0.15, 0.2) is 121 Å². The van der Waals surface area contributed by atoms with Gasteiger partial charge in [-0.1, -0.05) is 84.9 Å². The van der Waals surface area contributed by atoms with Crippen LogP contribution in [0.25, 0.3) is 6.15 Å². The molecule has 0 aliphatic rings. The molecular weight excluding hydrogens is 448 g/mol. The van der Waals surface area contributed by atoms with Gasteiger partial charge in [0, 0.05) is 0 Å². The Morgan fingerprint density at radius 2 is 0.724 bits per heavy atom. The summed E-state index contributed by atoms with van der Waals surface area (Å²) in [5.41, 5.74) is 1.39. The van der Waals surface area contributed by atoms with Crippen LogP contribution in [0.5, 0.6) is 0 Å². The maximum absolute atomic E-state index is 2.30. The average molecular weight is 473 g/mol. The Hall–Kier alpha value is -1.25. The van der Waals surface area contributed by atoms with Crippen molar-refractivity contribution in [3.63, 3.8) is 0 Å². The van der Waals surface area contributed by atoms with E-state index in [9.17, 15) is 0 Å². The molecule has 0 amide bonds. The van der Waals surface area contributed by atoms with Crippen molar-refractivity contribution < 1.29 is 29.6 Å². The molecule has 0 spiro atoms. The Balaban J connectivity index is 0.00000140. The summed E-state index contributed by atoms with van der Waals surface area (Å²) in [4.78, 5) is 0. The zero-order chi connectivity index (χ0) is 17.7. The minimum atomic E-state index is -1.78. The van der Waals surface area contributed by atoms with Gasteiger partial charge in [-0.25, -0.2) is 0 Å². The van der Waals surface area contributed by atoms with E-state index in [0.717, 1.165) is 6.16 Å². The Morgan fingerprint density at radius 1 is 0.448 bits per heavy atom. The largest absolute Gasteiger partial charge is 1.00 e. The summed E-state index contributed by atoms with van der Waals surface area (Å²) in [6.07, 6.45) is 1.03. The summed E-state index contributed by atoms with van der Waals surface area (Å²) < 4.78 is 0. The molecule has 4 heteroatoms. The number of rotatable bonds is 5. The van der Waals surface area contributed by atoms with Gasteiger partial charge in [-0.2, -0.15) is 0 Å². The van der Waals surface area contributed by atoms with Gasteiger partial charge in [-0.15, -0.1) is 17.0 Å². The van der Waals surface area contributed by atoms with Crippen LogP contribution < -0.4 is 45.5 Å². The van der Waals surface area contributed by atoms with E-state index in [2.05, 4.69) is 121 Å². The number of halogens is 1. The van der Waals surface area contributed by atoms with E-state index in [-0.39, 0.29) is 52.7 Å². The summed E-state index contributed by atoms with van der Waals surface area (Å²) in [7, 11) is -1.78. The third-order valence-corrected chi connectivity index (χ3v) is 9.23. The number of nitrogens with two attached hydrogens (primary N) is 1. The summed E-state index contributed by atoms with van der Waals surface area (Å²) in [5.74, 6) is 0. The molecule has 0 fully saturated rings. The minimum Gasteiger partial charge on any atom is -0.693 e. The van der Waals surface area contributed by atoms with Crippen LogP contribution in [0.2, 0.25) is 0 Å². The summed E-state index contributed by atoms with van der Waals surface area (Å²) >= 11 is 0. The van der Waals surface area contributed by atoms with Crippen molar-refractivity contribution in [3.05, 3.63) is 133 Å². The maximum atomic E-state index is 2.30. The molecule has 29 heavy (non-hydrogen) atoms. The van der Waals surface area contributed by atoms with Gasteiger partial charge in [0.15, 0.2) is 0 Å². The van der Waals surface area contributed by atoms with E-state index in [1.165, 1.54) is 21.5 Å². The zero-order valence-electron chi connectivity index (χ0n) is 16.7. The van der Waals surface area contributed by atoms with Gasteiger partial charge in [0.25, 0.3) is 0 Å². The van der Waals surface area contributed by atoms with E-state index in [0.29, 0.717) is 0 Å². The van der Waals surface area contributed by atoms with Crippen molar-refractivity contribution in [1.29, 1.82) is 0 Å². The summed E-state index contributed by atoms with van der Waals surface area (Å²) in [6.45, 7) is 0. The molecule has 0 heterocycles. The number of hydrogen-bond acceptors (Lipinski definition) is 0. The van der Waals surface area contributed by atoms with Crippen LogP contribution in [0, 0.1) is 0 Å². The van der Waals surface area contributed by atoms with Crippen molar-refractivity contribution >= 4 is 40.2 Å². The molecule has 4 aromatic carbocycles. The first kappa shape index (κ1) is 25.8. The first-order valence-electron chi connectivity index (χ1n) is 8.98. The Bertz CT molecular complexity index is 854. The van der Waals surface area contributed by atoms with Gasteiger partial charge in [0.2, 0.25) is 0 Å². The predicted molar refractivity (Wildman–Crippen MR) is 131 cm³/mol. The van der Waals surface area contributed by atoms with E-state index < -0.39 is 7.26 Å². The SMILES string of the molecule is Br.[NH2-].[Na+].c1ccc(C[P+](c2ccccc2)(c2ccccc2)c2ccccc2)cc1. The Kier molecular flexibility index (Phi) is 11.1. The zero-order valence-corrected chi connectivity index (χ0v) is 21.3. The first-order chi connectivity index (χ1) is 12.9. The van der Waals surface area contributed by atoms with Gasteiger partial charge < -0.3 is 6.15 Å². The second-order valence-corrected chi connectivity index (χ2v) is 9.95. The van der Waals surface area contributed by atoms with Crippen molar-refractivity contribution in [2.45, 2.75) is 6.16 Å². The van der Waals surface area contributed by atoms with Crippen LogP contribution in [0.1, 0.15) is 5.56 Å². The van der Waals surface area contributed by atoms with Gasteiger partial charge in [0.05, 0.1) is 6.16 Å². The molecule has 0 bridgehead atoms. The molecule has 2 N–H and O–H groups in total. The fraction of sp³-hybridized carbons (Fsp3) is 0.0400. The third kappa shape index (κ3) is 5.67. The van der Waals surface area contributed by atoms with E-state index in [1.807, 2.05) is 0 Å². The molecule has 0 saturated carbocycles. The molecule has 4 aromatic rings. The van der Waals surface area contributed by atoms with E-state index in [4.69, 9.17) is 0 Å². The quantitative estimate of drug-likeness (QED) is 0.314. The molecule has 142 valence electrons. The van der Waals surface area contributed by atoms with Gasteiger partial charge in [-0.05, 0) is 42.0 Å². The molecule has 0 unspecified atom stereocenters. The fourth-order valence-electron chi connectivity index (χ4n) is 3.63. The topological polar surface area (TPSA) is 33.5 Å². The summed E-state index contributed by atoms with van der Waals surface area (Å²) in [5, 5.41) is 4.30. The molecule has 0 radical (unpaired) electrons. The minimum absolute atomic E-state index is 0. The maximum Gasteiger partial charge on any atom is 1.00 e. The van der Waals surface area contributed by atoms with Crippen LogP contribution in [0.3, 0.4) is 0 Å². The standard InChI is InChI=1S/C25H22P.BrH.H2N.Na/c1-5-13-22(14-6-1)21-26(23-15-7-2-8-16-23,24-17-9-3-10-18-24)25-19-11-4-12-20-25;;;/h1-20H,21H2;1H;1H2;/q+1;;-1;+1. The normalized spacial score (nSPS) is 10.1. The van der Waals surface area contributed by atoms with Crippen molar-refractivity contribution in [3.8, 4) is 0 Å². The first-order valence-corrected chi connectivity index (χ1v) is 11.0. The van der Waals surface area contributed by atoms with Crippen molar-refractivity contribution in [2.75, 3.05) is 0 Å². The molecule has 4 rings (SSSR count). The molecule has 0 aliphatic carbocycles. The van der Waals surface area contributed by atoms with Gasteiger partial charge >= 0.3 is 29.6 Å². The van der Waals surface area contributed by atoms with Gasteiger partial charge in [0.1, 0.15) is 23.2 Å². The van der Waals surface area contributed by atoms with Crippen molar-refractivity contribution in [1.82, 2.24) is 0 Å². The molecule has 0 aromatic heterocycles. The smallest absolute Gasteiger partial charge is 0.693 e. The Morgan fingerprint density at radius 3 is 1.03 bits per heavy atom. The van der Waals surface area contributed by atoms with Crippen LogP contribution in [-0.4, -0.2) is 0 Å². The molecule has 0 saturated heterocycles. The van der Waals surface area contributed by atoms with Crippen LogP contribution >= 0.6 is 24.2 Å². The number of benzene rings is 4. The van der Waals surface area contributed by atoms with Gasteiger partial charge in [-0.3, -0.25) is 0 Å². The fourth-order valence-corrected chi connectivity index (χ4v) is 7.87.